The molecule has 1 unspecified atom stereocenters. The number of nitrogens with zero attached hydrogens (tertiary/aromatic N) is 3. The molecule has 1 atom stereocenters. The van der Waals surface area contributed by atoms with Gasteiger partial charge in [0, 0.05) is 71.8 Å². The van der Waals surface area contributed by atoms with Crippen molar-refractivity contribution in [2.75, 3.05) is 36.0 Å². The summed E-state index contributed by atoms with van der Waals surface area (Å²) in [5.41, 5.74) is 3.01. The summed E-state index contributed by atoms with van der Waals surface area (Å²) in [7, 11) is 0. The predicted octanol–water partition coefficient (Wildman–Crippen LogP) is 5.49. The summed E-state index contributed by atoms with van der Waals surface area (Å²) in [6.45, 7) is 11.7. The maximum absolute atomic E-state index is 13.5. The SMILES string of the molecule is CCN(CC)c1ccc2c(c1)OC(c1cc3ccc(N(CC)CC)cc3oc1=O)=CC21c2ccccc2C(=O)N1N. The number of carbonyl (C=O) groups is 1. The van der Waals surface area contributed by atoms with Crippen molar-refractivity contribution in [3.05, 3.63) is 105 Å². The van der Waals surface area contributed by atoms with Crippen molar-refractivity contribution < 1.29 is 13.9 Å². The van der Waals surface area contributed by atoms with Crippen LogP contribution in [0.4, 0.5) is 11.4 Å². The van der Waals surface area contributed by atoms with Gasteiger partial charge in [0.25, 0.3) is 5.91 Å². The van der Waals surface area contributed by atoms with Gasteiger partial charge in [0.15, 0.2) is 0 Å². The molecule has 1 amide bonds. The number of carbonyl (C=O) groups excluding carboxylic acids is 1. The van der Waals surface area contributed by atoms with Crippen LogP contribution in [0.2, 0.25) is 0 Å². The highest BCUT2D eigenvalue weighted by molar-refractivity contribution is 6.02. The molecule has 8 nitrogen and oxygen atoms in total. The molecule has 2 N–H and O–H groups in total. The molecule has 0 fully saturated rings. The topological polar surface area (TPSA) is 92.2 Å². The Kier molecular flexibility index (Phi) is 6.58. The molecule has 0 bridgehead atoms. The lowest BCUT2D eigenvalue weighted by Crippen LogP contribution is -2.49. The molecular formula is C33H34N4O4. The smallest absolute Gasteiger partial charge is 0.347 e. The number of anilines is 2. The van der Waals surface area contributed by atoms with Gasteiger partial charge in [-0.3, -0.25) is 9.80 Å². The van der Waals surface area contributed by atoms with E-state index in [2.05, 4.69) is 37.5 Å². The third kappa shape index (κ3) is 4.01. The zero-order valence-electron chi connectivity index (χ0n) is 23.8. The molecule has 0 aliphatic carbocycles. The molecule has 6 rings (SSSR count). The van der Waals surface area contributed by atoms with E-state index in [1.165, 1.54) is 5.01 Å². The number of nitrogens with two attached hydrogens (primary N) is 1. The highest BCUT2D eigenvalue weighted by Crippen LogP contribution is 2.51. The van der Waals surface area contributed by atoms with Crippen LogP contribution in [0.3, 0.4) is 0 Å². The Morgan fingerprint density at radius 3 is 2.15 bits per heavy atom. The number of hydrogen-bond donors (Lipinski definition) is 1. The van der Waals surface area contributed by atoms with Crippen molar-refractivity contribution in [3.8, 4) is 5.75 Å². The van der Waals surface area contributed by atoms with Gasteiger partial charge in [-0.15, -0.1) is 0 Å². The van der Waals surface area contributed by atoms with Crippen LogP contribution in [0.5, 0.6) is 5.75 Å². The fourth-order valence-corrected chi connectivity index (χ4v) is 6.14. The number of hydrazine groups is 1. The van der Waals surface area contributed by atoms with Crippen molar-refractivity contribution in [2.45, 2.75) is 33.2 Å². The highest BCUT2D eigenvalue weighted by Gasteiger charge is 2.52. The Balaban J connectivity index is 1.57. The number of ether oxygens (including phenoxy) is 1. The monoisotopic (exact) mass is 550 g/mol. The van der Waals surface area contributed by atoms with Gasteiger partial charge in [-0.1, -0.05) is 24.3 Å². The summed E-state index contributed by atoms with van der Waals surface area (Å²) in [6.07, 6.45) is 1.78. The molecule has 3 heterocycles. The number of fused-ring (bicyclic) bond motifs is 5. The lowest BCUT2D eigenvalue weighted by molar-refractivity contribution is 0.0678. The van der Waals surface area contributed by atoms with E-state index in [9.17, 15) is 9.59 Å². The Morgan fingerprint density at radius 1 is 0.780 bits per heavy atom. The van der Waals surface area contributed by atoms with Crippen LogP contribution in [0.15, 0.2) is 82.0 Å². The van der Waals surface area contributed by atoms with Crippen molar-refractivity contribution in [1.82, 2.24) is 5.01 Å². The standard InChI is InChI=1S/C33H34N4O4/c1-5-35(6-2)22-14-13-21-17-25(32(39)41-28(21)18-22)30-20-33(26-12-10-9-11-24(26)31(38)37(33)34)27-16-15-23(19-29(27)40-30)36(7-3)8-4/h9-20H,5-8,34H2,1-4H3. The van der Waals surface area contributed by atoms with Gasteiger partial charge in [0.1, 0.15) is 28.2 Å². The molecule has 1 spiro atoms. The first-order chi connectivity index (χ1) is 19.9. The average Bonchev–Trinajstić information content (AvgIpc) is 3.20. The average molecular weight is 551 g/mol. The summed E-state index contributed by atoms with van der Waals surface area (Å²) in [5, 5.41) is 2.01. The van der Waals surface area contributed by atoms with Crippen LogP contribution in [-0.2, 0) is 5.54 Å². The van der Waals surface area contributed by atoms with Crippen molar-refractivity contribution in [3.63, 3.8) is 0 Å². The number of benzene rings is 3. The van der Waals surface area contributed by atoms with Gasteiger partial charge in [-0.2, -0.15) is 0 Å². The van der Waals surface area contributed by atoms with Crippen molar-refractivity contribution in [1.29, 1.82) is 0 Å². The summed E-state index contributed by atoms with van der Waals surface area (Å²) >= 11 is 0. The van der Waals surface area contributed by atoms with E-state index in [0.717, 1.165) is 54.1 Å². The third-order valence-electron chi connectivity index (χ3n) is 8.34. The van der Waals surface area contributed by atoms with Crippen LogP contribution >= 0.6 is 0 Å². The van der Waals surface area contributed by atoms with Crippen molar-refractivity contribution >= 4 is 34.0 Å². The molecule has 0 radical (unpaired) electrons. The molecule has 2 aliphatic heterocycles. The van der Waals surface area contributed by atoms with Gasteiger partial charge in [0.2, 0.25) is 0 Å². The van der Waals surface area contributed by atoms with Crippen LogP contribution in [0.1, 0.15) is 54.7 Å². The maximum atomic E-state index is 13.5. The molecule has 0 saturated carbocycles. The maximum Gasteiger partial charge on any atom is 0.347 e. The van der Waals surface area contributed by atoms with Gasteiger partial charge in [-0.25, -0.2) is 10.6 Å². The highest BCUT2D eigenvalue weighted by atomic mass is 16.5. The van der Waals surface area contributed by atoms with Gasteiger partial charge < -0.3 is 19.0 Å². The largest absolute Gasteiger partial charge is 0.456 e. The fraction of sp³-hybridized carbons (Fsp3) is 0.273. The van der Waals surface area contributed by atoms with E-state index in [1.54, 1.807) is 18.2 Å². The second kappa shape index (κ2) is 10.1. The minimum atomic E-state index is -1.16. The molecule has 4 aromatic rings. The number of rotatable bonds is 7. The lowest BCUT2D eigenvalue weighted by Gasteiger charge is -2.39. The Labute approximate surface area is 239 Å². The van der Waals surface area contributed by atoms with Gasteiger partial charge >= 0.3 is 5.63 Å². The number of hydrogen-bond acceptors (Lipinski definition) is 7. The fourth-order valence-electron chi connectivity index (χ4n) is 6.14. The Hall–Kier alpha value is -4.56. The normalized spacial score (nSPS) is 17.3. The second-order valence-electron chi connectivity index (χ2n) is 10.3. The van der Waals surface area contributed by atoms with E-state index in [4.69, 9.17) is 15.0 Å². The van der Waals surface area contributed by atoms with Gasteiger partial charge in [0.05, 0.1) is 0 Å². The van der Waals surface area contributed by atoms with Crippen LogP contribution < -0.4 is 26.0 Å². The Bertz CT molecular complexity index is 1750. The van der Waals surface area contributed by atoms with Crippen molar-refractivity contribution in [2.24, 2.45) is 5.84 Å². The van der Waals surface area contributed by atoms with Crippen LogP contribution in [0.25, 0.3) is 16.7 Å². The summed E-state index contributed by atoms with van der Waals surface area (Å²) in [5.74, 6) is 7.13. The zero-order chi connectivity index (χ0) is 28.9. The first-order valence-corrected chi connectivity index (χ1v) is 14.2. The second-order valence-corrected chi connectivity index (χ2v) is 10.3. The molecular weight excluding hydrogens is 516 g/mol. The summed E-state index contributed by atoms with van der Waals surface area (Å²) in [4.78, 5) is 31.3. The lowest BCUT2D eigenvalue weighted by atomic mass is 9.80. The van der Waals surface area contributed by atoms with Crippen LogP contribution in [0, 0.1) is 0 Å². The zero-order valence-corrected chi connectivity index (χ0v) is 23.8. The molecule has 2 aliphatic rings. The minimum Gasteiger partial charge on any atom is -0.456 e. The molecule has 0 saturated heterocycles. The molecule has 1 aromatic heterocycles. The molecule has 210 valence electrons. The van der Waals surface area contributed by atoms with E-state index < -0.39 is 11.2 Å². The first-order valence-electron chi connectivity index (χ1n) is 14.2. The number of amides is 1. The molecule has 41 heavy (non-hydrogen) atoms. The van der Waals surface area contributed by atoms with E-state index in [0.29, 0.717) is 16.9 Å². The first kappa shape index (κ1) is 26.7. The van der Waals surface area contributed by atoms with E-state index in [-0.39, 0.29) is 17.2 Å². The summed E-state index contributed by atoms with van der Waals surface area (Å²) in [6, 6.07) is 21.0. The van der Waals surface area contributed by atoms with Crippen LogP contribution in [-0.4, -0.2) is 37.1 Å². The molecule has 3 aromatic carbocycles. The quantitative estimate of drug-likeness (QED) is 0.185. The minimum absolute atomic E-state index is 0.261. The molecule has 8 heteroatoms. The van der Waals surface area contributed by atoms with Gasteiger partial charge in [-0.05, 0) is 64.1 Å². The predicted molar refractivity (Wildman–Crippen MR) is 162 cm³/mol. The summed E-state index contributed by atoms with van der Waals surface area (Å²) < 4.78 is 12.3. The van der Waals surface area contributed by atoms with E-state index >= 15 is 0 Å². The van der Waals surface area contributed by atoms with E-state index in [1.807, 2.05) is 54.6 Å². The Morgan fingerprint density at radius 2 is 1.44 bits per heavy atom. The third-order valence-corrected chi connectivity index (χ3v) is 8.34.